The first-order chi connectivity index (χ1) is 8.19. The summed E-state index contributed by atoms with van der Waals surface area (Å²) in [5.41, 5.74) is 5.46. The Kier molecular flexibility index (Phi) is 4.40. The minimum absolute atomic E-state index is 0.150. The van der Waals surface area contributed by atoms with E-state index in [1.807, 2.05) is 0 Å². The van der Waals surface area contributed by atoms with Crippen LogP contribution in [0, 0.1) is 5.92 Å². The maximum Gasteiger partial charge on any atom is 0.235 e. The second-order valence-electron chi connectivity index (χ2n) is 5.60. The SMILES string of the molecule is CCCC1CCN(CC(NC2CC2)C(N)=O)C1. The maximum absolute atomic E-state index is 11.4. The van der Waals surface area contributed by atoms with Crippen molar-refractivity contribution in [3.05, 3.63) is 0 Å². The van der Waals surface area contributed by atoms with Crippen molar-refractivity contribution in [3.63, 3.8) is 0 Å². The van der Waals surface area contributed by atoms with Crippen LogP contribution in [0.1, 0.15) is 39.0 Å². The van der Waals surface area contributed by atoms with Crippen LogP contribution in [0.15, 0.2) is 0 Å². The minimum atomic E-state index is -0.198. The van der Waals surface area contributed by atoms with E-state index in [1.165, 1.54) is 32.1 Å². The molecule has 0 aromatic rings. The molecule has 0 aromatic carbocycles. The van der Waals surface area contributed by atoms with E-state index in [2.05, 4.69) is 17.1 Å². The van der Waals surface area contributed by atoms with E-state index in [1.54, 1.807) is 0 Å². The highest BCUT2D eigenvalue weighted by molar-refractivity contribution is 5.80. The molecule has 2 aliphatic rings. The molecule has 1 saturated carbocycles. The summed E-state index contributed by atoms with van der Waals surface area (Å²) in [6.45, 7) is 5.31. The van der Waals surface area contributed by atoms with Gasteiger partial charge in [0.2, 0.25) is 5.91 Å². The molecular weight excluding hydrogens is 214 g/mol. The summed E-state index contributed by atoms with van der Waals surface area (Å²) >= 11 is 0. The number of nitrogens with zero attached hydrogens (tertiary/aromatic N) is 1. The zero-order chi connectivity index (χ0) is 12.3. The number of amides is 1. The molecule has 1 amide bonds. The van der Waals surface area contributed by atoms with Gasteiger partial charge in [0, 0.05) is 19.1 Å². The van der Waals surface area contributed by atoms with Crippen LogP contribution in [0.5, 0.6) is 0 Å². The van der Waals surface area contributed by atoms with Crippen LogP contribution in [0.4, 0.5) is 0 Å². The van der Waals surface area contributed by atoms with E-state index in [-0.39, 0.29) is 11.9 Å². The number of nitrogens with one attached hydrogen (secondary N) is 1. The summed E-state index contributed by atoms with van der Waals surface area (Å²) < 4.78 is 0. The van der Waals surface area contributed by atoms with E-state index < -0.39 is 0 Å². The predicted molar refractivity (Wildman–Crippen MR) is 68.6 cm³/mol. The Labute approximate surface area is 104 Å². The first-order valence-electron chi connectivity index (χ1n) is 6.96. The molecule has 1 heterocycles. The van der Waals surface area contributed by atoms with Crippen LogP contribution in [-0.4, -0.2) is 42.5 Å². The molecule has 2 fully saturated rings. The number of carbonyl (C=O) groups is 1. The topological polar surface area (TPSA) is 58.4 Å². The first-order valence-corrected chi connectivity index (χ1v) is 6.96. The lowest BCUT2D eigenvalue weighted by Gasteiger charge is -2.22. The lowest BCUT2D eigenvalue weighted by molar-refractivity contribution is -0.120. The molecule has 98 valence electrons. The van der Waals surface area contributed by atoms with Crippen LogP contribution >= 0.6 is 0 Å². The average molecular weight is 239 g/mol. The Balaban J connectivity index is 1.75. The summed E-state index contributed by atoms with van der Waals surface area (Å²) in [7, 11) is 0. The molecule has 2 unspecified atom stereocenters. The van der Waals surface area contributed by atoms with Crippen molar-refractivity contribution in [2.24, 2.45) is 11.7 Å². The molecule has 4 nitrogen and oxygen atoms in total. The summed E-state index contributed by atoms with van der Waals surface area (Å²) in [6, 6.07) is 0.393. The standard InChI is InChI=1S/C13H25N3O/c1-2-3-10-6-7-16(8-10)9-12(13(14)17)15-11-4-5-11/h10-12,15H,2-9H2,1H3,(H2,14,17). The fourth-order valence-corrected chi connectivity index (χ4v) is 2.74. The van der Waals surface area contributed by atoms with Gasteiger partial charge in [-0.2, -0.15) is 0 Å². The van der Waals surface area contributed by atoms with Crippen LogP contribution < -0.4 is 11.1 Å². The number of primary amides is 1. The zero-order valence-electron chi connectivity index (χ0n) is 10.8. The highest BCUT2D eigenvalue weighted by Crippen LogP contribution is 2.22. The van der Waals surface area contributed by atoms with Crippen molar-refractivity contribution in [1.82, 2.24) is 10.2 Å². The third kappa shape index (κ3) is 3.96. The molecule has 0 spiro atoms. The normalized spacial score (nSPS) is 27.2. The van der Waals surface area contributed by atoms with Gasteiger partial charge >= 0.3 is 0 Å². The number of likely N-dealkylation sites (tertiary alicyclic amines) is 1. The van der Waals surface area contributed by atoms with Crippen molar-refractivity contribution < 1.29 is 4.79 Å². The molecule has 0 aromatic heterocycles. The van der Waals surface area contributed by atoms with E-state index in [9.17, 15) is 4.79 Å². The molecular formula is C13H25N3O. The number of hydrogen-bond donors (Lipinski definition) is 2. The van der Waals surface area contributed by atoms with Gasteiger partial charge in [-0.1, -0.05) is 13.3 Å². The molecule has 2 atom stereocenters. The van der Waals surface area contributed by atoms with Crippen molar-refractivity contribution in [3.8, 4) is 0 Å². The third-order valence-corrected chi connectivity index (χ3v) is 3.87. The zero-order valence-corrected chi connectivity index (χ0v) is 10.8. The highest BCUT2D eigenvalue weighted by atomic mass is 16.1. The summed E-state index contributed by atoms with van der Waals surface area (Å²) in [6.07, 6.45) is 6.25. The predicted octanol–water partition coefficient (Wildman–Crippen LogP) is 0.714. The molecule has 3 N–H and O–H groups in total. The molecule has 0 radical (unpaired) electrons. The fraction of sp³-hybridized carbons (Fsp3) is 0.923. The molecule has 1 saturated heterocycles. The fourth-order valence-electron chi connectivity index (χ4n) is 2.74. The molecule has 1 aliphatic heterocycles. The molecule has 1 aliphatic carbocycles. The van der Waals surface area contributed by atoms with Gasteiger partial charge in [-0.05, 0) is 38.1 Å². The summed E-state index contributed by atoms with van der Waals surface area (Å²) in [5.74, 6) is 0.630. The number of nitrogens with two attached hydrogens (primary N) is 1. The van der Waals surface area contributed by atoms with Gasteiger partial charge in [0.25, 0.3) is 0 Å². The maximum atomic E-state index is 11.4. The molecule has 17 heavy (non-hydrogen) atoms. The van der Waals surface area contributed by atoms with Gasteiger partial charge in [0.05, 0.1) is 6.04 Å². The Morgan fingerprint density at radius 2 is 2.24 bits per heavy atom. The van der Waals surface area contributed by atoms with Gasteiger partial charge in [-0.15, -0.1) is 0 Å². The third-order valence-electron chi connectivity index (χ3n) is 3.87. The lowest BCUT2D eigenvalue weighted by atomic mass is 10.0. The Hall–Kier alpha value is -0.610. The second-order valence-corrected chi connectivity index (χ2v) is 5.60. The van der Waals surface area contributed by atoms with Crippen molar-refractivity contribution >= 4 is 5.91 Å². The van der Waals surface area contributed by atoms with Crippen molar-refractivity contribution in [2.75, 3.05) is 19.6 Å². The average Bonchev–Trinajstić information content (AvgIpc) is 2.99. The number of rotatable bonds is 7. The first kappa shape index (κ1) is 12.8. The van der Waals surface area contributed by atoms with Gasteiger partial charge in [-0.25, -0.2) is 0 Å². The Morgan fingerprint density at radius 1 is 1.47 bits per heavy atom. The molecule has 0 bridgehead atoms. The van der Waals surface area contributed by atoms with Crippen LogP contribution in [0.25, 0.3) is 0 Å². The summed E-state index contributed by atoms with van der Waals surface area (Å²) in [4.78, 5) is 13.8. The number of carbonyl (C=O) groups excluding carboxylic acids is 1. The van der Waals surface area contributed by atoms with Crippen LogP contribution in [0.3, 0.4) is 0 Å². The lowest BCUT2D eigenvalue weighted by Crippen LogP contribution is -2.49. The molecule has 4 heteroatoms. The van der Waals surface area contributed by atoms with E-state index in [4.69, 9.17) is 5.73 Å². The van der Waals surface area contributed by atoms with Crippen molar-refractivity contribution in [2.45, 2.75) is 51.1 Å². The van der Waals surface area contributed by atoms with E-state index >= 15 is 0 Å². The highest BCUT2D eigenvalue weighted by Gasteiger charge is 2.30. The quantitative estimate of drug-likeness (QED) is 0.688. The number of hydrogen-bond acceptors (Lipinski definition) is 3. The second kappa shape index (κ2) is 5.83. The smallest absolute Gasteiger partial charge is 0.235 e. The van der Waals surface area contributed by atoms with E-state index in [0.717, 1.165) is 25.6 Å². The Bertz CT molecular complexity index is 265. The van der Waals surface area contributed by atoms with Gasteiger partial charge in [0.1, 0.15) is 0 Å². The van der Waals surface area contributed by atoms with Gasteiger partial charge in [0.15, 0.2) is 0 Å². The van der Waals surface area contributed by atoms with Gasteiger partial charge < -0.3 is 16.0 Å². The summed E-state index contributed by atoms with van der Waals surface area (Å²) in [5, 5.41) is 3.35. The van der Waals surface area contributed by atoms with Crippen molar-refractivity contribution in [1.29, 1.82) is 0 Å². The molecule has 2 rings (SSSR count). The minimum Gasteiger partial charge on any atom is -0.368 e. The van der Waals surface area contributed by atoms with Gasteiger partial charge in [-0.3, -0.25) is 4.79 Å². The van der Waals surface area contributed by atoms with Crippen LogP contribution in [0.2, 0.25) is 0 Å². The van der Waals surface area contributed by atoms with E-state index in [0.29, 0.717) is 6.04 Å². The van der Waals surface area contributed by atoms with Crippen LogP contribution in [-0.2, 0) is 4.79 Å². The largest absolute Gasteiger partial charge is 0.368 e. The Morgan fingerprint density at radius 3 is 2.82 bits per heavy atom. The monoisotopic (exact) mass is 239 g/mol.